The van der Waals surface area contributed by atoms with Crippen molar-refractivity contribution in [1.29, 1.82) is 0 Å². The zero-order valence-electron chi connectivity index (χ0n) is 27.3. The minimum atomic E-state index is -4.52. The van der Waals surface area contributed by atoms with Crippen LogP contribution < -0.4 is 20.1 Å². The molecule has 5 N–H and O–H groups in total. The minimum absolute atomic E-state index is 0.104. The van der Waals surface area contributed by atoms with Gasteiger partial charge in [0.25, 0.3) is 0 Å². The number of carbonyl (C=O) groups is 1. The summed E-state index contributed by atoms with van der Waals surface area (Å²) in [7, 11) is -3.11. The monoisotopic (exact) mass is 818 g/mol. The minimum Gasteiger partial charge on any atom is -0.479 e. The van der Waals surface area contributed by atoms with E-state index in [0.29, 0.717) is 21.2 Å². The molecule has 1 saturated heterocycles. The van der Waals surface area contributed by atoms with Crippen molar-refractivity contribution in [2.45, 2.75) is 50.3 Å². The Labute approximate surface area is 300 Å². The van der Waals surface area contributed by atoms with Gasteiger partial charge in [-0.15, -0.1) is 0 Å². The number of fused-ring (bicyclic) bond motifs is 2. The van der Waals surface area contributed by atoms with E-state index in [-0.39, 0.29) is 35.3 Å². The number of nitrogens with one attached hydrogen (secondary N) is 1. The van der Waals surface area contributed by atoms with Crippen molar-refractivity contribution in [1.82, 2.24) is 24.6 Å². The van der Waals surface area contributed by atoms with Gasteiger partial charge in [0, 0.05) is 28.0 Å². The molecule has 3 aromatic carbocycles. The highest BCUT2D eigenvalue weighted by atomic mass is 127. The molecule has 6 rings (SSSR count). The molecule has 3 heterocycles. The number of nitrogen functional groups attached to an aromatic ring is 1. The summed E-state index contributed by atoms with van der Waals surface area (Å²) in [5, 5.41) is 27.2. The zero-order chi connectivity index (χ0) is 35.6. The van der Waals surface area contributed by atoms with Gasteiger partial charge >= 0.3 is 13.7 Å². The molecular weight excluding hydrogens is 782 g/mol. The Morgan fingerprint density at radius 1 is 1.12 bits per heavy atom. The number of carbonyl (C=O) groups excluding carboxylic acids is 1. The number of aliphatic hydroxyl groups is 2. The quantitative estimate of drug-likeness (QED) is 0.0553. The first-order chi connectivity index (χ1) is 24.0. The fraction of sp³-hybridized carbons (Fsp3) is 0.333. The summed E-state index contributed by atoms with van der Waals surface area (Å²) in [5.41, 5.74) is 4.90. The van der Waals surface area contributed by atoms with Gasteiger partial charge in [-0.25, -0.2) is 14.3 Å². The standard InChI is InChI=1S/C33H36IN6O9P/c1-4-17-46-29(42)24(20-12-6-5-7-13-20)39-50(44,49-22-16-10-14-19-11-8-9-15-21(19)22)47-18-23-26(41)33(2,43)30(48-23)40-27-25(36-31(40)34)28(45-3)38-32(35)37-27/h5-16,23-24,26,30,41,43H,4,17-18H2,1-3H3,(H,39,44)(H2,35,37,38)/t23-,24-,26-,30?,33-,50?/m1/s1. The zero-order valence-corrected chi connectivity index (χ0v) is 30.4. The van der Waals surface area contributed by atoms with Crippen molar-refractivity contribution in [2.75, 3.05) is 26.1 Å². The van der Waals surface area contributed by atoms with Crippen LogP contribution in [-0.4, -0.2) is 73.8 Å². The molecule has 6 atom stereocenters. The van der Waals surface area contributed by atoms with Gasteiger partial charge in [-0.1, -0.05) is 73.7 Å². The van der Waals surface area contributed by atoms with Crippen LogP contribution in [0, 0.1) is 3.83 Å². The lowest BCUT2D eigenvalue weighted by Gasteiger charge is -2.28. The topological polar surface area (TPSA) is 202 Å². The molecule has 1 aliphatic heterocycles. The van der Waals surface area contributed by atoms with E-state index in [1.165, 1.54) is 18.6 Å². The van der Waals surface area contributed by atoms with E-state index in [9.17, 15) is 19.6 Å². The first-order valence-electron chi connectivity index (χ1n) is 15.7. The van der Waals surface area contributed by atoms with Crippen LogP contribution in [0.2, 0.25) is 0 Å². The second-order valence-corrected chi connectivity index (χ2v) is 14.4. The largest absolute Gasteiger partial charge is 0.479 e. The molecule has 15 nitrogen and oxygen atoms in total. The van der Waals surface area contributed by atoms with E-state index in [1.54, 1.807) is 48.5 Å². The van der Waals surface area contributed by atoms with Crippen LogP contribution in [0.15, 0.2) is 72.8 Å². The number of nitrogens with zero attached hydrogens (tertiary/aromatic N) is 4. The Morgan fingerprint density at radius 3 is 2.58 bits per heavy atom. The second-order valence-electron chi connectivity index (χ2n) is 11.7. The number of anilines is 1. The molecule has 1 aliphatic rings. The van der Waals surface area contributed by atoms with Crippen LogP contribution in [-0.2, 0) is 23.4 Å². The highest BCUT2D eigenvalue weighted by molar-refractivity contribution is 14.1. The highest BCUT2D eigenvalue weighted by Crippen LogP contribution is 2.50. The van der Waals surface area contributed by atoms with Gasteiger partial charge in [-0.2, -0.15) is 15.1 Å². The first-order valence-corrected chi connectivity index (χ1v) is 18.3. The fourth-order valence-electron chi connectivity index (χ4n) is 5.66. The van der Waals surface area contributed by atoms with Crippen molar-refractivity contribution in [2.24, 2.45) is 0 Å². The maximum Gasteiger partial charge on any atom is 0.459 e. The van der Waals surface area contributed by atoms with Gasteiger partial charge in [0.05, 0.1) is 20.3 Å². The molecule has 50 heavy (non-hydrogen) atoms. The van der Waals surface area contributed by atoms with Gasteiger partial charge in [-0.05, 0) is 30.4 Å². The Morgan fingerprint density at radius 2 is 1.84 bits per heavy atom. The number of aromatic nitrogens is 4. The van der Waals surface area contributed by atoms with Gasteiger partial charge < -0.3 is 34.7 Å². The number of ether oxygens (including phenoxy) is 3. The Kier molecular flexibility index (Phi) is 10.6. The number of imidazole rings is 1. The number of methoxy groups -OCH3 is 1. The summed E-state index contributed by atoms with van der Waals surface area (Å²) in [5.74, 6) is -0.462. The predicted octanol–water partition coefficient (Wildman–Crippen LogP) is 4.67. The number of rotatable bonds is 13. The van der Waals surface area contributed by atoms with Gasteiger partial charge in [0.15, 0.2) is 21.2 Å². The number of halogens is 1. The maximum atomic E-state index is 14.8. The summed E-state index contributed by atoms with van der Waals surface area (Å²) < 4.78 is 45.7. The van der Waals surface area contributed by atoms with E-state index in [4.69, 9.17) is 29.0 Å². The van der Waals surface area contributed by atoms with Gasteiger partial charge in [-0.3, -0.25) is 9.09 Å². The van der Waals surface area contributed by atoms with Crippen LogP contribution in [0.4, 0.5) is 5.95 Å². The summed E-state index contributed by atoms with van der Waals surface area (Å²) in [6, 6.07) is 19.9. The average molecular weight is 819 g/mol. The van der Waals surface area contributed by atoms with E-state index in [0.717, 1.165) is 5.39 Å². The molecule has 1 fully saturated rings. The SMILES string of the molecule is CCCOC(=O)[C@H](NP(=O)(OC[C@H]1OC(n2c(I)nc3c(OC)nc(N)nc32)[C@](C)(O)[C@@H]1O)Oc1cccc2ccccc12)c1ccccc1. The summed E-state index contributed by atoms with van der Waals surface area (Å²) in [6.45, 7) is 2.84. The van der Waals surface area contributed by atoms with Crippen LogP contribution >= 0.6 is 30.3 Å². The first kappa shape index (κ1) is 35.9. The van der Waals surface area contributed by atoms with Gasteiger partial charge in [0.2, 0.25) is 11.8 Å². The molecule has 0 amide bonds. The van der Waals surface area contributed by atoms with Crippen LogP contribution in [0.25, 0.3) is 21.9 Å². The van der Waals surface area contributed by atoms with Crippen LogP contribution in [0.5, 0.6) is 11.6 Å². The molecule has 0 bridgehead atoms. The number of hydrogen-bond acceptors (Lipinski definition) is 13. The normalized spacial score (nSPS) is 22.3. The lowest BCUT2D eigenvalue weighted by molar-refractivity contribution is -0.146. The average Bonchev–Trinajstić information content (AvgIpc) is 3.55. The number of hydrogen-bond donors (Lipinski definition) is 4. The third-order valence-electron chi connectivity index (χ3n) is 8.15. The lowest BCUT2D eigenvalue weighted by Crippen LogP contribution is -2.44. The third-order valence-corrected chi connectivity index (χ3v) is 10.4. The van der Waals surface area contributed by atoms with E-state index in [1.807, 2.05) is 53.8 Å². The molecule has 17 heteroatoms. The molecule has 264 valence electrons. The third kappa shape index (κ3) is 7.14. The summed E-state index contributed by atoms with van der Waals surface area (Å²) in [6.07, 6.45) is -3.50. The van der Waals surface area contributed by atoms with Crippen molar-refractivity contribution >= 4 is 64.2 Å². The number of benzene rings is 3. The molecule has 0 spiro atoms. The second kappa shape index (κ2) is 14.8. The van der Waals surface area contributed by atoms with Crippen LogP contribution in [0.1, 0.15) is 38.1 Å². The molecule has 5 aromatic rings. The van der Waals surface area contributed by atoms with E-state index >= 15 is 0 Å². The van der Waals surface area contributed by atoms with Gasteiger partial charge in [0.1, 0.15) is 29.6 Å². The Balaban J connectivity index is 1.34. The number of esters is 1. The molecule has 2 aromatic heterocycles. The number of nitrogens with two attached hydrogens (primary N) is 1. The maximum absolute atomic E-state index is 14.8. The molecule has 0 aliphatic carbocycles. The highest BCUT2D eigenvalue weighted by Gasteiger charge is 2.55. The molecule has 2 unspecified atom stereocenters. The smallest absolute Gasteiger partial charge is 0.459 e. The van der Waals surface area contributed by atoms with Crippen molar-refractivity contribution in [3.63, 3.8) is 0 Å². The summed E-state index contributed by atoms with van der Waals surface area (Å²) >= 11 is 1.93. The fourth-order valence-corrected chi connectivity index (χ4v) is 7.90. The van der Waals surface area contributed by atoms with E-state index in [2.05, 4.69) is 20.0 Å². The molecule has 0 radical (unpaired) electrons. The van der Waals surface area contributed by atoms with Crippen molar-refractivity contribution in [3.05, 3.63) is 82.2 Å². The molecular formula is C33H36IN6O9P. The Bertz CT molecular complexity index is 2040. The lowest BCUT2D eigenvalue weighted by atomic mass is 9.96. The van der Waals surface area contributed by atoms with Crippen molar-refractivity contribution < 1.29 is 42.8 Å². The van der Waals surface area contributed by atoms with Crippen LogP contribution in [0.3, 0.4) is 0 Å². The predicted molar refractivity (Wildman–Crippen MR) is 191 cm³/mol. The van der Waals surface area contributed by atoms with Crippen molar-refractivity contribution in [3.8, 4) is 11.6 Å². The molecule has 0 saturated carbocycles. The van der Waals surface area contributed by atoms with E-state index < -0.39 is 50.4 Å². The Hall–Kier alpha value is -3.90. The number of aliphatic hydroxyl groups excluding tert-OH is 1. The summed E-state index contributed by atoms with van der Waals surface area (Å²) in [4.78, 5) is 26.2.